The minimum absolute atomic E-state index is 0.0141. The van der Waals surface area contributed by atoms with Crippen LogP contribution in [0.4, 0.5) is 0 Å². The van der Waals surface area contributed by atoms with Crippen LogP contribution in [0.15, 0.2) is 0 Å². The van der Waals surface area contributed by atoms with E-state index in [0.29, 0.717) is 5.92 Å². The van der Waals surface area contributed by atoms with Crippen LogP contribution in [0.3, 0.4) is 0 Å². The molecule has 0 aromatic heterocycles. The van der Waals surface area contributed by atoms with E-state index >= 15 is 0 Å². The molecule has 17 heavy (non-hydrogen) atoms. The van der Waals surface area contributed by atoms with Gasteiger partial charge in [0.1, 0.15) is 12.2 Å². The molecule has 2 saturated heterocycles. The van der Waals surface area contributed by atoms with E-state index in [0.717, 1.165) is 12.8 Å². The first-order chi connectivity index (χ1) is 7.90. The topological polar surface area (TPSA) is 52.6 Å². The van der Waals surface area contributed by atoms with Gasteiger partial charge >= 0.3 is 11.9 Å². The Morgan fingerprint density at radius 1 is 1.12 bits per heavy atom. The van der Waals surface area contributed by atoms with Gasteiger partial charge in [0.15, 0.2) is 5.92 Å². The normalized spacial score (nSPS) is 47.1. The van der Waals surface area contributed by atoms with Crippen LogP contribution in [0.25, 0.3) is 0 Å². The Balaban J connectivity index is 2.00. The minimum Gasteiger partial charge on any atom is -0.462 e. The number of cyclic esters (lactones) is 1. The second kappa shape index (κ2) is 3.24. The van der Waals surface area contributed by atoms with Gasteiger partial charge in [0, 0.05) is 11.3 Å². The highest BCUT2D eigenvalue weighted by atomic mass is 16.6. The highest BCUT2D eigenvalue weighted by molar-refractivity contribution is 5.96. The third-order valence-electron chi connectivity index (χ3n) is 4.77. The molecule has 4 nitrogen and oxygen atoms in total. The lowest BCUT2D eigenvalue weighted by Crippen LogP contribution is -2.59. The summed E-state index contributed by atoms with van der Waals surface area (Å²) in [6, 6.07) is 0. The molecule has 4 heteroatoms. The van der Waals surface area contributed by atoms with E-state index in [1.165, 1.54) is 0 Å². The average Bonchev–Trinajstić information content (AvgIpc) is 2.21. The predicted octanol–water partition coefficient (Wildman–Crippen LogP) is 1.53. The number of hydrogen-bond acceptors (Lipinski definition) is 4. The van der Waals surface area contributed by atoms with Crippen molar-refractivity contribution in [2.75, 3.05) is 0 Å². The summed E-state index contributed by atoms with van der Waals surface area (Å²) < 4.78 is 10.7. The van der Waals surface area contributed by atoms with E-state index in [4.69, 9.17) is 9.47 Å². The summed E-state index contributed by atoms with van der Waals surface area (Å²) in [5.41, 5.74) is -0.0141. The van der Waals surface area contributed by atoms with Crippen LogP contribution in [-0.2, 0) is 19.1 Å². The Hall–Kier alpha value is -1.06. The van der Waals surface area contributed by atoms with Crippen molar-refractivity contribution >= 4 is 11.9 Å². The molecule has 3 rings (SSSR count). The second-order valence-corrected chi connectivity index (χ2v) is 6.30. The maximum Gasteiger partial charge on any atom is 0.320 e. The van der Waals surface area contributed by atoms with E-state index in [2.05, 4.69) is 13.8 Å². The quantitative estimate of drug-likeness (QED) is 0.474. The highest BCUT2D eigenvalue weighted by Gasteiger charge is 2.59. The smallest absolute Gasteiger partial charge is 0.320 e. The Bertz CT molecular complexity index is 387. The van der Waals surface area contributed by atoms with Crippen molar-refractivity contribution in [2.24, 2.45) is 23.2 Å². The van der Waals surface area contributed by atoms with Gasteiger partial charge in [-0.15, -0.1) is 0 Å². The van der Waals surface area contributed by atoms with E-state index in [-0.39, 0.29) is 35.5 Å². The first-order valence-electron chi connectivity index (χ1n) is 6.31. The van der Waals surface area contributed by atoms with Gasteiger partial charge < -0.3 is 9.47 Å². The van der Waals surface area contributed by atoms with E-state index in [1.807, 2.05) is 6.92 Å². The van der Waals surface area contributed by atoms with Gasteiger partial charge in [0.05, 0.1) is 0 Å². The molecule has 5 unspecified atom stereocenters. The summed E-state index contributed by atoms with van der Waals surface area (Å²) in [5, 5.41) is 0. The number of carbonyl (C=O) groups excluding carboxylic acids is 2. The number of esters is 2. The predicted molar refractivity (Wildman–Crippen MR) is 58.9 cm³/mol. The summed E-state index contributed by atoms with van der Waals surface area (Å²) in [5.74, 6) is -0.992. The molecular formula is C13H18O4. The van der Waals surface area contributed by atoms with E-state index in [1.54, 1.807) is 0 Å². The zero-order valence-corrected chi connectivity index (χ0v) is 10.4. The lowest BCUT2D eigenvalue weighted by molar-refractivity contribution is -0.217. The van der Waals surface area contributed by atoms with Gasteiger partial charge in [0.2, 0.25) is 0 Å². The van der Waals surface area contributed by atoms with Crippen molar-refractivity contribution in [2.45, 2.75) is 45.8 Å². The first-order valence-corrected chi connectivity index (χ1v) is 6.31. The zero-order chi connectivity index (χ0) is 12.4. The first kappa shape index (κ1) is 11.1. The van der Waals surface area contributed by atoms with Crippen molar-refractivity contribution in [3.8, 4) is 0 Å². The van der Waals surface area contributed by atoms with Crippen molar-refractivity contribution in [1.82, 2.24) is 0 Å². The molecule has 3 aliphatic rings. The van der Waals surface area contributed by atoms with E-state index in [9.17, 15) is 9.59 Å². The fraction of sp³-hybridized carbons (Fsp3) is 0.846. The summed E-state index contributed by atoms with van der Waals surface area (Å²) in [6.45, 7) is 6.20. The molecule has 0 spiro atoms. The van der Waals surface area contributed by atoms with Crippen LogP contribution in [0.2, 0.25) is 0 Å². The molecule has 3 fully saturated rings. The molecule has 5 atom stereocenters. The molecule has 0 N–H and O–H groups in total. The maximum absolute atomic E-state index is 11.9. The number of rotatable bonds is 0. The Morgan fingerprint density at radius 3 is 2.47 bits per heavy atom. The zero-order valence-electron chi connectivity index (χ0n) is 10.4. The maximum atomic E-state index is 11.9. The fourth-order valence-electron chi connectivity index (χ4n) is 3.74. The molecule has 2 heterocycles. The molecule has 0 radical (unpaired) electrons. The van der Waals surface area contributed by atoms with E-state index < -0.39 is 5.92 Å². The number of ether oxygens (including phenoxy) is 2. The lowest BCUT2D eigenvalue weighted by atomic mass is 9.58. The summed E-state index contributed by atoms with van der Waals surface area (Å²) in [7, 11) is 0. The van der Waals surface area contributed by atoms with Crippen LogP contribution in [0.1, 0.15) is 33.6 Å². The Labute approximate surface area is 101 Å². The molecule has 0 aromatic rings. The second-order valence-electron chi connectivity index (χ2n) is 6.30. The van der Waals surface area contributed by atoms with Crippen LogP contribution < -0.4 is 0 Å². The van der Waals surface area contributed by atoms with Crippen LogP contribution in [0, 0.1) is 23.2 Å². The lowest BCUT2D eigenvalue weighted by Gasteiger charge is -2.54. The van der Waals surface area contributed by atoms with Gasteiger partial charge in [-0.25, -0.2) is 0 Å². The Morgan fingerprint density at radius 2 is 1.76 bits per heavy atom. The van der Waals surface area contributed by atoms with Crippen molar-refractivity contribution in [3.63, 3.8) is 0 Å². The number of fused-ring (bicyclic) bond motifs is 1. The number of carbonyl (C=O) groups is 2. The largest absolute Gasteiger partial charge is 0.462 e. The molecule has 2 bridgehead atoms. The third-order valence-corrected chi connectivity index (χ3v) is 4.77. The van der Waals surface area contributed by atoms with Crippen molar-refractivity contribution in [1.29, 1.82) is 0 Å². The summed E-state index contributed by atoms with van der Waals surface area (Å²) >= 11 is 0. The Kier molecular flexibility index (Phi) is 2.11. The van der Waals surface area contributed by atoms with Crippen LogP contribution in [-0.4, -0.2) is 24.1 Å². The standard InChI is InChI=1S/C13H18O4/c1-6-8-5-13(2,3)9-4-7(8)10(11(14)16-6)12(15)17-9/h6-10H,4-5H2,1-3H3. The highest BCUT2D eigenvalue weighted by Crippen LogP contribution is 2.53. The minimum atomic E-state index is -0.663. The van der Waals surface area contributed by atoms with Crippen molar-refractivity contribution in [3.05, 3.63) is 0 Å². The molecule has 0 amide bonds. The molecule has 1 saturated carbocycles. The van der Waals surface area contributed by atoms with Gasteiger partial charge in [0.25, 0.3) is 0 Å². The van der Waals surface area contributed by atoms with Crippen molar-refractivity contribution < 1.29 is 19.1 Å². The average molecular weight is 238 g/mol. The van der Waals surface area contributed by atoms with Gasteiger partial charge in [-0.2, -0.15) is 0 Å². The molecule has 1 aliphatic carbocycles. The molecular weight excluding hydrogens is 220 g/mol. The molecule has 94 valence electrons. The van der Waals surface area contributed by atoms with Gasteiger partial charge in [-0.05, 0) is 25.7 Å². The van der Waals surface area contributed by atoms with Gasteiger partial charge in [-0.1, -0.05) is 13.8 Å². The van der Waals surface area contributed by atoms with Gasteiger partial charge in [-0.3, -0.25) is 9.59 Å². The van der Waals surface area contributed by atoms with Crippen LogP contribution >= 0.6 is 0 Å². The number of hydrogen-bond donors (Lipinski definition) is 0. The van der Waals surface area contributed by atoms with Crippen LogP contribution in [0.5, 0.6) is 0 Å². The molecule has 2 aliphatic heterocycles. The third kappa shape index (κ3) is 1.42. The summed E-state index contributed by atoms with van der Waals surface area (Å²) in [6.07, 6.45) is 1.66. The molecule has 0 aromatic carbocycles. The SMILES string of the molecule is CC1OC(=O)C2C(=O)OC3CC2C1CC3(C)C. The monoisotopic (exact) mass is 238 g/mol. The fourth-order valence-corrected chi connectivity index (χ4v) is 3.74. The summed E-state index contributed by atoms with van der Waals surface area (Å²) in [4.78, 5) is 23.7.